The third-order valence-corrected chi connectivity index (χ3v) is 5.45. The van der Waals surface area contributed by atoms with Crippen LogP contribution in [0.1, 0.15) is 5.56 Å². The van der Waals surface area contributed by atoms with E-state index in [2.05, 4.69) is 4.74 Å². The summed E-state index contributed by atoms with van der Waals surface area (Å²) in [6.07, 6.45) is -5.08. The summed E-state index contributed by atoms with van der Waals surface area (Å²) >= 11 is 0. The van der Waals surface area contributed by atoms with E-state index in [0.717, 1.165) is 18.2 Å². The first-order valence-electron chi connectivity index (χ1n) is 9.81. The van der Waals surface area contributed by atoms with Crippen molar-refractivity contribution in [3.05, 3.63) is 58.8 Å². The van der Waals surface area contributed by atoms with E-state index in [-0.39, 0.29) is 34.2 Å². The van der Waals surface area contributed by atoms with Crippen molar-refractivity contribution in [1.29, 1.82) is 0 Å². The van der Waals surface area contributed by atoms with Gasteiger partial charge in [-0.25, -0.2) is 0 Å². The van der Waals surface area contributed by atoms with Crippen molar-refractivity contribution >= 4 is 5.76 Å². The lowest BCUT2D eigenvalue weighted by Crippen LogP contribution is -2.59. The zero-order valence-corrected chi connectivity index (χ0v) is 16.8. The second-order valence-corrected chi connectivity index (χ2v) is 7.69. The number of aliphatic hydroxyl groups excluding tert-OH is 6. The molecule has 1 fully saturated rings. The summed E-state index contributed by atoms with van der Waals surface area (Å²) in [6, 6.07) is 2.15. The molecule has 0 aromatic heterocycles. The molecule has 0 saturated carbocycles. The number of aromatic hydroxyl groups is 3. The largest absolute Gasteiger partial charge is 0.571 e. The number of fused-ring (bicyclic) bond motifs is 1. The molecule has 2 aliphatic heterocycles. The van der Waals surface area contributed by atoms with Crippen LogP contribution in [0.5, 0.6) is 17.2 Å². The number of phenols is 3. The summed E-state index contributed by atoms with van der Waals surface area (Å²) < 4.78 is 15.4. The summed E-state index contributed by atoms with van der Waals surface area (Å²) in [5, 5.41) is 89.3. The zero-order valence-electron chi connectivity index (χ0n) is 16.8. The molecule has 33 heavy (non-hydrogen) atoms. The molecular formula is C21H23O12+. The van der Waals surface area contributed by atoms with Crippen LogP contribution in [0.2, 0.25) is 0 Å². The van der Waals surface area contributed by atoms with Gasteiger partial charge < -0.3 is 60.2 Å². The fraction of sp³-hybridized carbons (Fsp3) is 0.333. The molecule has 2 heterocycles. The number of allylic oxidation sites excluding steroid dienone is 2. The van der Waals surface area contributed by atoms with Crippen molar-refractivity contribution in [3.63, 3.8) is 0 Å². The van der Waals surface area contributed by atoms with Gasteiger partial charge in [0.05, 0.1) is 23.8 Å². The molecule has 178 valence electrons. The Kier molecular flexibility index (Phi) is 5.86. The summed E-state index contributed by atoms with van der Waals surface area (Å²) in [5.74, 6) is -2.87. The minimum atomic E-state index is -1.74. The van der Waals surface area contributed by atoms with Crippen LogP contribution in [0.15, 0.2) is 53.2 Å². The number of aliphatic hydroxyl groups is 8. The van der Waals surface area contributed by atoms with E-state index in [9.17, 15) is 46.0 Å². The smallest absolute Gasteiger partial charge is 0.305 e. The molecule has 1 aliphatic carbocycles. The van der Waals surface area contributed by atoms with Crippen LogP contribution >= 0.6 is 0 Å². The highest BCUT2D eigenvalue weighted by Crippen LogP contribution is 2.41. The Hall–Kier alpha value is -3.42. The van der Waals surface area contributed by atoms with Gasteiger partial charge in [-0.05, 0) is 0 Å². The lowest BCUT2D eigenvalue weighted by molar-refractivity contribution is -0.290. The normalized spacial score (nSPS) is 31.7. The fourth-order valence-electron chi connectivity index (χ4n) is 3.69. The van der Waals surface area contributed by atoms with Crippen LogP contribution in [-0.2, 0) is 9.47 Å². The van der Waals surface area contributed by atoms with E-state index < -0.39 is 60.7 Å². The quantitative estimate of drug-likeness (QED) is 0.194. The third kappa shape index (κ3) is 4.05. The van der Waals surface area contributed by atoms with Crippen LogP contribution < -0.4 is 0 Å². The topological polar surface area (TPSA) is 213 Å². The zero-order chi connectivity index (χ0) is 24.0. The van der Waals surface area contributed by atoms with Gasteiger partial charge in [0.15, 0.2) is 17.2 Å². The minimum absolute atomic E-state index is 0.0370. The average Bonchev–Trinajstić information content (AvgIpc) is 2.77. The van der Waals surface area contributed by atoms with Crippen LogP contribution in [0, 0.1) is 0 Å². The maximum absolute atomic E-state index is 10.3. The van der Waals surface area contributed by atoms with Crippen molar-refractivity contribution in [2.24, 2.45) is 0 Å². The van der Waals surface area contributed by atoms with Gasteiger partial charge in [0.25, 0.3) is 0 Å². The molecular weight excluding hydrogens is 444 g/mol. The van der Waals surface area contributed by atoms with Gasteiger partial charge >= 0.3 is 5.76 Å². The average molecular weight is 467 g/mol. The third-order valence-electron chi connectivity index (χ3n) is 5.45. The lowest BCUT2D eigenvalue weighted by Gasteiger charge is -2.40. The highest BCUT2D eigenvalue weighted by Gasteiger charge is 2.46. The molecule has 12 nitrogen and oxygen atoms in total. The Morgan fingerprint density at radius 2 is 1.58 bits per heavy atom. The fourth-order valence-corrected chi connectivity index (χ4v) is 3.69. The predicted molar refractivity (Wildman–Crippen MR) is 109 cm³/mol. The van der Waals surface area contributed by atoms with E-state index in [1.54, 1.807) is 0 Å². The van der Waals surface area contributed by atoms with Gasteiger partial charge in [0.2, 0.25) is 18.2 Å². The molecule has 0 radical (unpaired) electrons. The van der Waals surface area contributed by atoms with Crippen LogP contribution in [0.3, 0.4) is 0 Å². The second kappa shape index (κ2) is 8.50. The number of ether oxygens (including phenoxy) is 3. The molecule has 1 aromatic carbocycles. The standard InChI is InChI=1S/C21H22O12/c22-6-15-17(28)18(29)19(30)21(33-15)32-14-5-9-10(24)3-8(23)4-13(9)31-20(14)7-1-11(25)16(27)12(26)2-7/h1-5,13,15,17-19,21-30H,6H2/p+1. The Balaban J connectivity index is 1.79. The summed E-state index contributed by atoms with van der Waals surface area (Å²) in [4.78, 5) is 0. The number of phenolic OH excluding ortho intramolecular Hbond substituents is 3. The molecule has 0 bridgehead atoms. The van der Waals surface area contributed by atoms with E-state index >= 15 is 0 Å². The molecule has 0 amide bonds. The van der Waals surface area contributed by atoms with Gasteiger partial charge in [-0.3, -0.25) is 0 Å². The lowest BCUT2D eigenvalue weighted by atomic mass is 9.96. The number of benzene rings is 1. The second-order valence-electron chi connectivity index (χ2n) is 7.69. The van der Waals surface area contributed by atoms with Crippen molar-refractivity contribution in [2.75, 3.05) is 6.61 Å². The van der Waals surface area contributed by atoms with Gasteiger partial charge in [-0.2, -0.15) is 0 Å². The van der Waals surface area contributed by atoms with E-state index in [4.69, 9.17) is 9.47 Å². The predicted octanol–water partition coefficient (Wildman–Crippen LogP) is -0.978. The Bertz CT molecular complexity index is 1050. The monoisotopic (exact) mass is 467 g/mol. The summed E-state index contributed by atoms with van der Waals surface area (Å²) in [7, 11) is 0. The van der Waals surface area contributed by atoms with Gasteiger partial charge in [0, 0.05) is 24.3 Å². The number of rotatable bonds is 4. The Morgan fingerprint density at radius 3 is 2.21 bits per heavy atom. The van der Waals surface area contributed by atoms with Crippen LogP contribution in [0.4, 0.5) is 0 Å². The van der Waals surface area contributed by atoms with Gasteiger partial charge in [-0.1, -0.05) is 0 Å². The molecule has 12 heteroatoms. The molecule has 1 saturated heterocycles. The first-order chi connectivity index (χ1) is 15.6. The maximum atomic E-state index is 10.3. The summed E-state index contributed by atoms with van der Waals surface area (Å²) in [5.41, 5.74) is 0.253. The minimum Gasteiger partial charge on any atom is -0.571 e. The van der Waals surface area contributed by atoms with E-state index in [1.807, 2.05) is 0 Å². The van der Waals surface area contributed by atoms with Crippen molar-refractivity contribution < 1.29 is 60.2 Å². The SMILES string of the molecule is OCC1OC(OC2=C(c3cc(O)c(O)c(O)c3)[OH+]C3C=C(O)C=C(O)C3=C2)C(O)C(O)C1O. The molecule has 6 unspecified atom stereocenters. The molecule has 4 rings (SSSR count). The molecule has 0 spiro atoms. The number of hydrogen-bond donors (Lipinski definition) is 9. The first kappa shape index (κ1) is 22.8. The Labute approximate surface area is 186 Å². The molecule has 6 atom stereocenters. The maximum Gasteiger partial charge on any atom is 0.305 e. The molecule has 3 aliphatic rings. The highest BCUT2D eigenvalue weighted by atomic mass is 16.7. The molecule has 1 aromatic rings. The number of hydrogen-bond acceptors (Lipinski definition) is 11. The van der Waals surface area contributed by atoms with Crippen LogP contribution in [-0.4, -0.2) is 94.1 Å². The highest BCUT2D eigenvalue weighted by molar-refractivity contribution is 5.71. The van der Waals surface area contributed by atoms with Crippen molar-refractivity contribution in [1.82, 2.24) is 0 Å². The van der Waals surface area contributed by atoms with E-state index in [1.165, 1.54) is 12.2 Å². The van der Waals surface area contributed by atoms with E-state index in [0.29, 0.717) is 0 Å². The Morgan fingerprint density at radius 1 is 0.909 bits per heavy atom. The van der Waals surface area contributed by atoms with Gasteiger partial charge in [-0.15, -0.1) is 0 Å². The first-order valence-corrected chi connectivity index (χ1v) is 9.81. The van der Waals surface area contributed by atoms with Crippen molar-refractivity contribution in [3.8, 4) is 17.2 Å². The van der Waals surface area contributed by atoms with Crippen molar-refractivity contribution in [2.45, 2.75) is 36.8 Å². The summed E-state index contributed by atoms with van der Waals surface area (Å²) in [6.45, 7) is -0.683. The van der Waals surface area contributed by atoms with Crippen LogP contribution in [0.25, 0.3) is 5.76 Å². The molecule has 10 N–H and O–H groups in total. The van der Waals surface area contributed by atoms with Gasteiger partial charge in [0.1, 0.15) is 35.9 Å².